The molecule has 0 aliphatic heterocycles. The van der Waals surface area contributed by atoms with Crippen molar-refractivity contribution in [1.82, 2.24) is 9.55 Å². The summed E-state index contributed by atoms with van der Waals surface area (Å²) < 4.78 is 9.04. The summed E-state index contributed by atoms with van der Waals surface area (Å²) in [7, 11) is 1.68. The van der Waals surface area contributed by atoms with Gasteiger partial charge in [-0.15, -0.1) is 0 Å². The Morgan fingerprint density at radius 3 is 2.70 bits per heavy atom. The molecule has 0 radical (unpaired) electrons. The van der Waals surface area contributed by atoms with Crippen molar-refractivity contribution in [2.75, 3.05) is 7.11 Å². The zero-order valence-electron chi connectivity index (χ0n) is 11.1. The number of hydrogen-bond acceptors (Lipinski definition) is 2. The summed E-state index contributed by atoms with van der Waals surface area (Å²) in [5.74, 6) is 0.878. The van der Waals surface area contributed by atoms with Crippen LogP contribution in [0.15, 0.2) is 40.9 Å². The number of imidazole rings is 1. The van der Waals surface area contributed by atoms with Crippen LogP contribution >= 0.6 is 28.1 Å². The number of aromatic nitrogens is 2. The summed E-state index contributed by atoms with van der Waals surface area (Å²) in [6.45, 7) is 2.03. The van der Waals surface area contributed by atoms with Crippen molar-refractivity contribution in [2.24, 2.45) is 0 Å². The van der Waals surface area contributed by atoms with E-state index in [0.717, 1.165) is 32.5 Å². The summed E-state index contributed by atoms with van der Waals surface area (Å²) >= 11 is 8.92. The Hall–Kier alpha value is -1.59. The molecule has 1 aromatic heterocycles. The van der Waals surface area contributed by atoms with Gasteiger partial charge < -0.3 is 9.72 Å². The second-order valence-corrected chi connectivity index (χ2v) is 5.88. The first-order valence-electron chi connectivity index (χ1n) is 6.15. The fourth-order valence-electron chi connectivity index (χ4n) is 2.34. The summed E-state index contributed by atoms with van der Waals surface area (Å²) in [5.41, 5.74) is 4.18. The maximum atomic E-state index is 5.44. The highest BCUT2D eigenvalue weighted by molar-refractivity contribution is 9.10. The maximum absolute atomic E-state index is 5.44. The van der Waals surface area contributed by atoms with Crippen molar-refractivity contribution < 1.29 is 4.74 Å². The standard InChI is InChI=1S/C15H13BrN2OS/c1-9-7-11(4-6-14(9)19-2)18-13-5-3-10(16)8-12(13)17-15(18)20/h3-8H,1-2H3,(H,17,20). The average Bonchev–Trinajstić information content (AvgIpc) is 2.73. The molecular formula is C15H13BrN2OS. The highest BCUT2D eigenvalue weighted by atomic mass is 79.9. The Labute approximate surface area is 130 Å². The molecule has 5 heteroatoms. The van der Waals surface area contributed by atoms with Gasteiger partial charge in [-0.25, -0.2) is 0 Å². The summed E-state index contributed by atoms with van der Waals surface area (Å²) in [5, 5.41) is 0. The Kier molecular flexibility index (Phi) is 3.40. The molecule has 20 heavy (non-hydrogen) atoms. The van der Waals surface area contributed by atoms with Gasteiger partial charge in [-0.2, -0.15) is 0 Å². The van der Waals surface area contributed by atoms with Gasteiger partial charge in [0, 0.05) is 10.2 Å². The minimum Gasteiger partial charge on any atom is -0.496 e. The third-order valence-corrected chi connectivity index (χ3v) is 4.06. The topological polar surface area (TPSA) is 29.9 Å². The zero-order valence-corrected chi connectivity index (χ0v) is 13.5. The number of ether oxygens (including phenoxy) is 1. The second-order valence-electron chi connectivity index (χ2n) is 4.58. The van der Waals surface area contributed by atoms with Gasteiger partial charge in [0.2, 0.25) is 0 Å². The van der Waals surface area contributed by atoms with Crippen LogP contribution in [0.4, 0.5) is 0 Å². The van der Waals surface area contributed by atoms with Crippen LogP contribution in [-0.2, 0) is 0 Å². The van der Waals surface area contributed by atoms with Gasteiger partial charge in [-0.3, -0.25) is 4.57 Å². The Balaban J connectivity index is 2.26. The first kappa shape index (κ1) is 13.4. The number of aromatic amines is 1. The first-order chi connectivity index (χ1) is 9.60. The zero-order chi connectivity index (χ0) is 14.3. The number of nitrogens with one attached hydrogen (secondary N) is 1. The van der Waals surface area contributed by atoms with Crippen LogP contribution in [0.3, 0.4) is 0 Å². The molecular weight excluding hydrogens is 336 g/mol. The van der Waals surface area contributed by atoms with E-state index in [1.807, 2.05) is 41.8 Å². The third kappa shape index (κ3) is 2.17. The summed E-state index contributed by atoms with van der Waals surface area (Å²) in [6.07, 6.45) is 0. The minimum atomic E-state index is 0.683. The molecule has 0 unspecified atom stereocenters. The molecule has 2 aromatic carbocycles. The van der Waals surface area contributed by atoms with Gasteiger partial charge >= 0.3 is 0 Å². The van der Waals surface area contributed by atoms with Crippen molar-refractivity contribution >= 4 is 39.2 Å². The Morgan fingerprint density at radius 2 is 2.00 bits per heavy atom. The van der Waals surface area contributed by atoms with Crippen LogP contribution in [0.5, 0.6) is 5.75 Å². The fourth-order valence-corrected chi connectivity index (χ4v) is 3.02. The van der Waals surface area contributed by atoms with Crippen molar-refractivity contribution in [3.05, 3.63) is 51.2 Å². The van der Waals surface area contributed by atoms with E-state index in [-0.39, 0.29) is 0 Å². The van der Waals surface area contributed by atoms with Gasteiger partial charge in [-0.05, 0) is 61.1 Å². The predicted molar refractivity (Wildman–Crippen MR) is 87.4 cm³/mol. The van der Waals surface area contributed by atoms with Gasteiger partial charge in [0.25, 0.3) is 0 Å². The molecule has 0 saturated heterocycles. The number of methoxy groups -OCH3 is 1. The van der Waals surface area contributed by atoms with Gasteiger partial charge in [0.05, 0.1) is 18.1 Å². The van der Waals surface area contributed by atoms with Crippen LogP contribution < -0.4 is 4.74 Å². The molecule has 1 N–H and O–H groups in total. The number of hydrogen-bond donors (Lipinski definition) is 1. The maximum Gasteiger partial charge on any atom is 0.182 e. The summed E-state index contributed by atoms with van der Waals surface area (Å²) in [4.78, 5) is 3.23. The van der Waals surface area contributed by atoms with Crippen LogP contribution in [0, 0.1) is 11.7 Å². The number of benzene rings is 2. The van der Waals surface area contributed by atoms with E-state index in [0.29, 0.717) is 4.77 Å². The van der Waals surface area contributed by atoms with E-state index in [1.165, 1.54) is 0 Å². The number of fused-ring (bicyclic) bond motifs is 1. The molecule has 0 saturated carbocycles. The molecule has 0 spiro atoms. The molecule has 3 aromatic rings. The van der Waals surface area contributed by atoms with Gasteiger partial charge in [0.15, 0.2) is 4.77 Å². The van der Waals surface area contributed by atoms with E-state index in [9.17, 15) is 0 Å². The number of aryl methyl sites for hydroxylation is 1. The number of rotatable bonds is 2. The molecule has 102 valence electrons. The average molecular weight is 349 g/mol. The molecule has 0 atom stereocenters. The van der Waals surface area contributed by atoms with E-state index in [1.54, 1.807) is 7.11 Å². The number of halogens is 1. The first-order valence-corrected chi connectivity index (χ1v) is 7.35. The van der Waals surface area contributed by atoms with E-state index >= 15 is 0 Å². The highest BCUT2D eigenvalue weighted by Gasteiger charge is 2.08. The smallest absolute Gasteiger partial charge is 0.182 e. The molecule has 0 bridgehead atoms. The van der Waals surface area contributed by atoms with Crippen LogP contribution in [0.1, 0.15) is 5.56 Å². The summed E-state index contributed by atoms with van der Waals surface area (Å²) in [6, 6.07) is 12.1. The molecule has 0 aliphatic carbocycles. The Bertz CT molecular complexity index is 851. The van der Waals surface area contributed by atoms with Gasteiger partial charge in [0.1, 0.15) is 5.75 Å². The normalized spacial score (nSPS) is 10.9. The lowest BCUT2D eigenvalue weighted by molar-refractivity contribution is 0.411. The number of nitrogens with zero attached hydrogens (tertiary/aromatic N) is 1. The van der Waals surface area contributed by atoms with Crippen molar-refractivity contribution in [2.45, 2.75) is 6.92 Å². The Morgan fingerprint density at radius 1 is 1.20 bits per heavy atom. The van der Waals surface area contributed by atoms with E-state index in [2.05, 4.69) is 27.0 Å². The molecule has 0 fully saturated rings. The molecule has 3 rings (SSSR count). The lowest BCUT2D eigenvalue weighted by atomic mass is 10.2. The van der Waals surface area contributed by atoms with E-state index in [4.69, 9.17) is 17.0 Å². The second kappa shape index (κ2) is 5.07. The largest absolute Gasteiger partial charge is 0.496 e. The quantitative estimate of drug-likeness (QED) is 0.676. The lowest BCUT2D eigenvalue weighted by Crippen LogP contribution is -1.96. The van der Waals surface area contributed by atoms with Crippen molar-refractivity contribution in [3.8, 4) is 11.4 Å². The molecule has 0 amide bonds. The SMILES string of the molecule is COc1ccc(-n2c(=S)[nH]c3cc(Br)ccc32)cc1C. The van der Waals surface area contributed by atoms with Gasteiger partial charge in [-0.1, -0.05) is 15.9 Å². The van der Waals surface area contributed by atoms with Crippen LogP contribution in [0.2, 0.25) is 0 Å². The minimum absolute atomic E-state index is 0.683. The molecule has 0 aliphatic rings. The lowest BCUT2D eigenvalue weighted by Gasteiger charge is -2.09. The van der Waals surface area contributed by atoms with Crippen molar-refractivity contribution in [3.63, 3.8) is 0 Å². The predicted octanol–water partition coefficient (Wildman–Crippen LogP) is 4.77. The van der Waals surface area contributed by atoms with Crippen molar-refractivity contribution in [1.29, 1.82) is 0 Å². The fraction of sp³-hybridized carbons (Fsp3) is 0.133. The monoisotopic (exact) mass is 348 g/mol. The van der Waals surface area contributed by atoms with E-state index < -0.39 is 0 Å². The van der Waals surface area contributed by atoms with Crippen LogP contribution in [-0.4, -0.2) is 16.7 Å². The third-order valence-electron chi connectivity index (χ3n) is 3.28. The molecule has 3 nitrogen and oxygen atoms in total. The molecule has 1 heterocycles. The van der Waals surface area contributed by atoms with Crippen LogP contribution in [0.25, 0.3) is 16.7 Å². The highest BCUT2D eigenvalue weighted by Crippen LogP contribution is 2.26. The number of H-pyrrole nitrogens is 1.